The van der Waals surface area contributed by atoms with E-state index in [4.69, 9.17) is 9.84 Å². The number of methoxy groups -OCH3 is 1. The number of sulfonamides is 1. The van der Waals surface area contributed by atoms with E-state index in [1.165, 1.54) is 37.5 Å². The van der Waals surface area contributed by atoms with Gasteiger partial charge in [0.05, 0.1) is 17.7 Å². The molecule has 0 aliphatic rings. The first-order chi connectivity index (χ1) is 10.9. The molecule has 0 amide bonds. The Balaban J connectivity index is 2.24. The van der Waals surface area contributed by atoms with Crippen molar-refractivity contribution in [3.63, 3.8) is 0 Å². The standard InChI is InChI=1S/C16H15NO5S/c1-22-15-5-3-2-4-14(15)17-23(20,21)13-9-6-12(7-10-13)8-11-16(18)19/h2-11,17H,1H3,(H,18,19). The normalized spacial score (nSPS) is 11.3. The molecule has 7 heteroatoms. The predicted molar refractivity (Wildman–Crippen MR) is 86.9 cm³/mol. The Kier molecular flexibility index (Phi) is 5.02. The van der Waals surface area contributed by atoms with Gasteiger partial charge in [-0.1, -0.05) is 24.3 Å². The van der Waals surface area contributed by atoms with Gasteiger partial charge >= 0.3 is 5.97 Å². The third kappa shape index (κ3) is 4.33. The summed E-state index contributed by atoms with van der Waals surface area (Å²) in [7, 11) is -2.31. The summed E-state index contributed by atoms with van der Waals surface area (Å²) in [6.07, 6.45) is 2.36. The lowest BCUT2D eigenvalue weighted by atomic mass is 10.2. The number of rotatable bonds is 6. The van der Waals surface area contributed by atoms with Gasteiger partial charge in [-0.2, -0.15) is 0 Å². The number of carbonyl (C=O) groups is 1. The highest BCUT2D eigenvalue weighted by molar-refractivity contribution is 7.92. The van der Waals surface area contributed by atoms with Crippen LogP contribution in [0.5, 0.6) is 5.75 Å². The van der Waals surface area contributed by atoms with Gasteiger partial charge in [-0.25, -0.2) is 13.2 Å². The summed E-state index contributed by atoms with van der Waals surface area (Å²) in [6, 6.07) is 12.5. The predicted octanol–water partition coefficient (Wildman–Crippen LogP) is 2.59. The van der Waals surface area contributed by atoms with Crippen molar-refractivity contribution in [3.8, 4) is 5.75 Å². The highest BCUT2D eigenvalue weighted by Gasteiger charge is 2.15. The molecule has 0 fully saturated rings. The largest absolute Gasteiger partial charge is 0.495 e. The molecule has 0 saturated carbocycles. The van der Waals surface area contributed by atoms with Gasteiger partial charge in [0.25, 0.3) is 10.0 Å². The lowest BCUT2D eigenvalue weighted by Crippen LogP contribution is -2.13. The maximum Gasteiger partial charge on any atom is 0.328 e. The summed E-state index contributed by atoms with van der Waals surface area (Å²) in [4.78, 5) is 10.5. The van der Waals surface area contributed by atoms with Gasteiger partial charge in [0.2, 0.25) is 0 Å². The molecule has 2 N–H and O–H groups in total. The summed E-state index contributed by atoms with van der Waals surface area (Å²) < 4.78 is 32.3. The van der Waals surface area contributed by atoms with E-state index in [-0.39, 0.29) is 4.90 Å². The fraction of sp³-hybridized carbons (Fsp3) is 0.0625. The Morgan fingerprint density at radius 3 is 2.39 bits per heavy atom. The number of anilines is 1. The SMILES string of the molecule is COc1ccccc1NS(=O)(=O)c1ccc(C=CC(=O)O)cc1. The van der Waals surface area contributed by atoms with Crippen molar-refractivity contribution in [2.75, 3.05) is 11.8 Å². The van der Waals surface area contributed by atoms with E-state index in [0.717, 1.165) is 6.08 Å². The second kappa shape index (κ2) is 6.97. The molecule has 0 unspecified atom stereocenters. The molecule has 0 heterocycles. The summed E-state index contributed by atoms with van der Waals surface area (Å²) in [5, 5.41) is 8.57. The minimum Gasteiger partial charge on any atom is -0.495 e. The minimum absolute atomic E-state index is 0.0656. The van der Waals surface area contributed by atoms with Crippen LogP contribution < -0.4 is 9.46 Å². The third-order valence-electron chi connectivity index (χ3n) is 2.96. The number of benzene rings is 2. The van der Waals surface area contributed by atoms with Crippen molar-refractivity contribution in [1.82, 2.24) is 0 Å². The van der Waals surface area contributed by atoms with E-state index in [9.17, 15) is 13.2 Å². The second-order valence-electron chi connectivity index (χ2n) is 4.55. The van der Waals surface area contributed by atoms with E-state index < -0.39 is 16.0 Å². The molecule has 0 spiro atoms. The van der Waals surface area contributed by atoms with Crippen LogP contribution in [0.4, 0.5) is 5.69 Å². The second-order valence-corrected chi connectivity index (χ2v) is 6.23. The van der Waals surface area contributed by atoms with E-state index >= 15 is 0 Å². The molecular formula is C16H15NO5S. The molecule has 0 bridgehead atoms. The Morgan fingerprint density at radius 1 is 1.13 bits per heavy atom. The average Bonchev–Trinajstić information content (AvgIpc) is 2.53. The van der Waals surface area contributed by atoms with Crippen molar-refractivity contribution in [2.24, 2.45) is 0 Å². The van der Waals surface area contributed by atoms with Gasteiger partial charge < -0.3 is 9.84 Å². The zero-order valence-corrected chi connectivity index (χ0v) is 13.1. The maximum absolute atomic E-state index is 12.4. The lowest BCUT2D eigenvalue weighted by Gasteiger charge is -2.11. The monoisotopic (exact) mass is 333 g/mol. The number of nitrogens with one attached hydrogen (secondary N) is 1. The Hall–Kier alpha value is -2.80. The van der Waals surface area contributed by atoms with Crippen LogP contribution in [-0.4, -0.2) is 26.6 Å². The van der Waals surface area contributed by atoms with Crippen LogP contribution in [0.25, 0.3) is 6.08 Å². The quantitative estimate of drug-likeness (QED) is 0.793. The van der Waals surface area contributed by atoms with E-state index in [1.54, 1.807) is 24.3 Å². The van der Waals surface area contributed by atoms with Gasteiger partial charge in [0, 0.05) is 6.08 Å². The van der Waals surface area contributed by atoms with Crippen LogP contribution >= 0.6 is 0 Å². The van der Waals surface area contributed by atoms with Crippen molar-refractivity contribution in [3.05, 3.63) is 60.2 Å². The number of aliphatic carboxylic acids is 1. The van der Waals surface area contributed by atoms with Crippen LogP contribution in [0.2, 0.25) is 0 Å². The van der Waals surface area contributed by atoms with Crippen LogP contribution in [-0.2, 0) is 14.8 Å². The molecule has 0 atom stereocenters. The summed E-state index contributed by atoms with van der Waals surface area (Å²) >= 11 is 0. The number of carboxylic acids is 1. The van der Waals surface area contributed by atoms with E-state index in [2.05, 4.69) is 4.72 Å². The van der Waals surface area contributed by atoms with Crippen LogP contribution in [0.1, 0.15) is 5.56 Å². The Morgan fingerprint density at radius 2 is 1.78 bits per heavy atom. The Bertz CT molecular complexity index is 826. The molecule has 0 aliphatic heterocycles. The zero-order chi connectivity index (χ0) is 16.9. The number of hydrogen-bond donors (Lipinski definition) is 2. The smallest absolute Gasteiger partial charge is 0.328 e. The summed E-state index contributed by atoms with van der Waals surface area (Å²) in [5.74, 6) is -0.656. The maximum atomic E-state index is 12.4. The number of para-hydroxylation sites is 2. The average molecular weight is 333 g/mol. The zero-order valence-electron chi connectivity index (χ0n) is 12.3. The first-order valence-electron chi connectivity index (χ1n) is 6.59. The molecule has 0 saturated heterocycles. The number of carboxylic acid groups (broad SMARTS) is 1. The lowest BCUT2D eigenvalue weighted by molar-refractivity contribution is -0.131. The topological polar surface area (TPSA) is 92.7 Å². The van der Waals surface area contributed by atoms with Gasteiger partial charge in [0.15, 0.2) is 0 Å². The van der Waals surface area contributed by atoms with Gasteiger partial charge in [-0.15, -0.1) is 0 Å². The molecule has 0 aliphatic carbocycles. The molecule has 120 valence electrons. The summed E-state index contributed by atoms with van der Waals surface area (Å²) in [5.41, 5.74) is 0.925. The van der Waals surface area contributed by atoms with Crippen molar-refractivity contribution < 1.29 is 23.1 Å². The third-order valence-corrected chi connectivity index (χ3v) is 4.34. The van der Waals surface area contributed by atoms with Crippen LogP contribution in [0.15, 0.2) is 59.5 Å². The Labute approximate surface area is 134 Å². The van der Waals surface area contributed by atoms with Crippen molar-refractivity contribution >= 4 is 27.8 Å². The first-order valence-corrected chi connectivity index (χ1v) is 8.07. The molecular weight excluding hydrogens is 318 g/mol. The molecule has 2 rings (SSSR count). The molecule has 0 radical (unpaired) electrons. The molecule has 23 heavy (non-hydrogen) atoms. The summed E-state index contributed by atoms with van der Waals surface area (Å²) in [6.45, 7) is 0. The minimum atomic E-state index is -3.76. The van der Waals surface area contributed by atoms with E-state index in [1.807, 2.05) is 0 Å². The number of ether oxygens (including phenoxy) is 1. The fourth-order valence-electron chi connectivity index (χ4n) is 1.86. The fourth-order valence-corrected chi connectivity index (χ4v) is 2.93. The van der Waals surface area contributed by atoms with Crippen molar-refractivity contribution in [1.29, 1.82) is 0 Å². The van der Waals surface area contributed by atoms with Crippen LogP contribution in [0.3, 0.4) is 0 Å². The highest BCUT2D eigenvalue weighted by Crippen LogP contribution is 2.26. The van der Waals surface area contributed by atoms with Crippen LogP contribution in [0, 0.1) is 0 Å². The van der Waals surface area contributed by atoms with Gasteiger partial charge in [-0.3, -0.25) is 4.72 Å². The molecule has 0 aromatic heterocycles. The highest BCUT2D eigenvalue weighted by atomic mass is 32.2. The van der Waals surface area contributed by atoms with Gasteiger partial charge in [-0.05, 0) is 35.9 Å². The van der Waals surface area contributed by atoms with E-state index in [0.29, 0.717) is 17.0 Å². The number of hydrogen-bond acceptors (Lipinski definition) is 4. The molecule has 2 aromatic rings. The van der Waals surface area contributed by atoms with Gasteiger partial charge in [0.1, 0.15) is 5.75 Å². The molecule has 6 nitrogen and oxygen atoms in total. The molecule has 2 aromatic carbocycles. The van der Waals surface area contributed by atoms with Crippen molar-refractivity contribution in [2.45, 2.75) is 4.90 Å². The first kappa shape index (κ1) is 16.6.